The number of ether oxygens (including phenoxy) is 1. The molecule has 0 radical (unpaired) electrons. The van der Waals surface area contributed by atoms with Gasteiger partial charge in [-0.25, -0.2) is 24.7 Å². The highest BCUT2D eigenvalue weighted by atomic mass is 16.5. The van der Waals surface area contributed by atoms with Crippen LogP contribution in [-0.4, -0.2) is 103 Å². The number of nitrogens with one attached hydrogen (secondary N) is 5. The van der Waals surface area contributed by atoms with Gasteiger partial charge in [0.25, 0.3) is 5.91 Å². The molecule has 0 aliphatic heterocycles. The molecule has 16 heteroatoms. The minimum atomic E-state index is -0.897. The smallest absolute Gasteiger partial charge is 0.318 e. The van der Waals surface area contributed by atoms with Gasteiger partial charge in [-0.05, 0) is 111 Å². The molecule has 4 heterocycles. The molecule has 7 N–H and O–H groups in total. The van der Waals surface area contributed by atoms with Crippen LogP contribution in [0.5, 0.6) is 0 Å². The first kappa shape index (κ1) is 43.5. The second kappa shape index (κ2) is 18.7. The van der Waals surface area contributed by atoms with Crippen molar-refractivity contribution in [3.05, 3.63) is 113 Å². The number of aryl methyl sites for hydroxylation is 4. The van der Waals surface area contributed by atoms with Gasteiger partial charge in [-0.15, -0.1) is 0 Å². The van der Waals surface area contributed by atoms with Crippen LogP contribution in [0.25, 0.3) is 55.9 Å². The van der Waals surface area contributed by atoms with Crippen molar-refractivity contribution >= 4 is 62.6 Å². The van der Waals surface area contributed by atoms with E-state index in [0.29, 0.717) is 36.2 Å². The average Bonchev–Trinajstić information content (AvgIpc) is 3.81. The van der Waals surface area contributed by atoms with Crippen LogP contribution in [0.15, 0.2) is 85.2 Å². The lowest BCUT2D eigenvalue weighted by atomic mass is 10.1. The zero-order chi connectivity index (χ0) is 45.1. The summed E-state index contributed by atoms with van der Waals surface area (Å²) >= 11 is 0. The van der Waals surface area contributed by atoms with Gasteiger partial charge in [-0.3, -0.25) is 13.6 Å². The second-order valence-corrected chi connectivity index (χ2v) is 16.1. The number of benzene rings is 4. The molecular formula is C48H53N11O5. The van der Waals surface area contributed by atoms with Crippen molar-refractivity contribution in [2.24, 2.45) is 0 Å². The third-order valence-corrected chi connectivity index (χ3v) is 11.4. The summed E-state index contributed by atoms with van der Waals surface area (Å²) in [4.78, 5) is 42.8. The standard InChI is InChI=1S/C25H27N5O3.C23H26N6O2/c1-14-9-20-21(10-15(14)2)30-22(12-27-24(30)23(29-20)26-11-19(32)13-31)16-3-5-17(6-4-16)25(33)28-18-7-8-18;1-14-11-18-19(12-15(14)2)29-20(13-26-22(29)21(28-18)25-9-10-31-4)16-5-7-17(8-6-16)27-23(30)24-3/h3-6,9-10,12,18-19,31-32H,7-8,11,13H2,1-2H3,(H,26,29)(H,28,33);5-8,11-13H,9-10H2,1-4H3,(H,25,28)(H2,24,27,30). The van der Waals surface area contributed by atoms with E-state index in [2.05, 4.69) is 79.9 Å². The highest BCUT2D eigenvalue weighted by molar-refractivity contribution is 5.95. The Bertz CT molecular complexity index is 3000. The molecule has 4 aromatic carbocycles. The zero-order valence-electron chi connectivity index (χ0n) is 36.8. The number of carbonyl (C=O) groups excluding carboxylic acids is 2. The predicted octanol–water partition coefficient (Wildman–Crippen LogP) is 6.80. The molecule has 16 nitrogen and oxygen atoms in total. The average molecular weight is 864 g/mol. The van der Waals surface area contributed by atoms with Gasteiger partial charge in [0.2, 0.25) is 0 Å². The lowest BCUT2D eigenvalue weighted by Crippen LogP contribution is -2.25. The number of fused-ring (bicyclic) bond motifs is 6. The molecule has 4 aromatic heterocycles. The number of aromatic nitrogens is 6. The molecule has 1 aliphatic rings. The van der Waals surface area contributed by atoms with Crippen molar-refractivity contribution in [3.8, 4) is 22.5 Å². The Kier molecular flexibility index (Phi) is 12.7. The Morgan fingerprint density at radius 3 is 1.78 bits per heavy atom. The fourth-order valence-electron chi connectivity index (χ4n) is 7.38. The number of aliphatic hydroxyl groups is 2. The van der Waals surface area contributed by atoms with E-state index in [9.17, 15) is 19.8 Å². The molecule has 3 amide bonds. The maximum Gasteiger partial charge on any atom is 0.318 e. The van der Waals surface area contributed by atoms with E-state index in [0.717, 1.165) is 85.7 Å². The SMILES string of the molecule is CNC(=O)Nc1ccc(-c2cnc3c(NCCOC)nc4cc(C)c(C)cc4n23)cc1.Cc1cc2nc(NCC(O)CO)c3ncc(-c4ccc(C(=O)NC5CC5)cc4)n3c2cc1C. The molecule has 0 bridgehead atoms. The maximum absolute atomic E-state index is 12.4. The van der Waals surface area contributed by atoms with Crippen LogP contribution in [0.3, 0.4) is 0 Å². The number of amides is 3. The van der Waals surface area contributed by atoms with Gasteiger partial charge in [0.15, 0.2) is 22.9 Å². The van der Waals surface area contributed by atoms with Crippen LogP contribution in [-0.2, 0) is 4.74 Å². The summed E-state index contributed by atoms with van der Waals surface area (Å²) in [6.45, 7) is 9.33. The molecule has 1 aliphatic carbocycles. The summed E-state index contributed by atoms with van der Waals surface area (Å²) in [6, 6.07) is 23.7. The fourth-order valence-corrected chi connectivity index (χ4v) is 7.38. The van der Waals surface area contributed by atoms with Gasteiger partial charge in [-0.1, -0.05) is 24.3 Å². The molecule has 9 rings (SSSR count). The summed E-state index contributed by atoms with van der Waals surface area (Å²) in [5.74, 6) is 1.21. The molecule has 8 aromatic rings. The van der Waals surface area contributed by atoms with Gasteiger partial charge in [-0.2, -0.15) is 0 Å². The van der Waals surface area contributed by atoms with E-state index in [1.54, 1.807) is 20.4 Å². The number of methoxy groups -OCH3 is 1. The number of hydrogen-bond acceptors (Lipinski definition) is 11. The van der Waals surface area contributed by atoms with E-state index < -0.39 is 6.10 Å². The van der Waals surface area contributed by atoms with Crippen molar-refractivity contribution < 1.29 is 24.5 Å². The molecule has 1 fully saturated rings. The van der Waals surface area contributed by atoms with Crippen molar-refractivity contribution in [2.75, 3.05) is 56.4 Å². The van der Waals surface area contributed by atoms with Crippen LogP contribution in [0, 0.1) is 27.7 Å². The van der Waals surface area contributed by atoms with Crippen molar-refractivity contribution in [2.45, 2.75) is 52.7 Å². The maximum atomic E-state index is 12.4. The third kappa shape index (κ3) is 9.15. The molecule has 1 unspecified atom stereocenters. The Hall–Kier alpha value is -7.14. The molecule has 64 heavy (non-hydrogen) atoms. The second-order valence-electron chi connectivity index (χ2n) is 16.1. The first-order valence-electron chi connectivity index (χ1n) is 21.3. The highest BCUT2D eigenvalue weighted by Crippen LogP contribution is 2.32. The largest absolute Gasteiger partial charge is 0.394 e. The predicted molar refractivity (Wildman–Crippen MR) is 251 cm³/mol. The van der Waals surface area contributed by atoms with E-state index in [1.165, 1.54) is 11.1 Å². The Morgan fingerprint density at radius 2 is 1.28 bits per heavy atom. The van der Waals surface area contributed by atoms with E-state index in [-0.39, 0.29) is 25.1 Å². The Balaban J connectivity index is 0.000000175. The summed E-state index contributed by atoms with van der Waals surface area (Å²) in [6.07, 6.45) is 4.85. The monoisotopic (exact) mass is 863 g/mol. The van der Waals surface area contributed by atoms with Gasteiger partial charge in [0, 0.05) is 55.7 Å². The van der Waals surface area contributed by atoms with Gasteiger partial charge >= 0.3 is 6.03 Å². The van der Waals surface area contributed by atoms with Crippen LogP contribution in [0.4, 0.5) is 22.1 Å². The summed E-state index contributed by atoms with van der Waals surface area (Å²) in [7, 11) is 3.26. The molecular weight excluding hydrogens is 811 g/mol. The first-order chi connectivity index (χ1) is 31.0. The quantitative estimate of drug-likeness (QED) is 0.0601. The molecule has 1 saturated carbocycles. The van der Waals surface area contributed by atoms with Gasteiger partial charge < -0.3 is 41.5 Å². The number of nitrogens with zero attached hydrogens (tertiary/aromatic N) is 6. The zero-order valence-corrected chi connectivity index (χ0v) is 36.8. The van der Waals surface area contributed by atoms with E-state index in [4.69, 9.17) is 14.7 Å². The van der Waals surface area contributed by atoms with Gasteiger partial charge in [0.05, 0.1) is 65.2 Å². The number of rotatable bonds is 13. The molecule has 0 spiro atoms. The fraction of sp³-hybridized carbons (Fsp3) is 0.292. The highest BCUT2D eigenvalue weighted by Gasteiger charge is 2.24. The Labute approximate surface area is 370 Å². The summed E-state index contributed by atoms with van der Waals surface area (Å²) in [5.41, 5.74) is 14.8. The summed E-state index contributed by atoms with van der Waals surface area (Å²) < 4.78 is 9.34. The van der Waals surface area contributed by atoms with Crippen molar-refractivity contribution in [3.63, 3.8) is 0 Å². The topological polar surface area (TPSA) is 204 Å². The van der Waals surface area contributed by atoms with Crippen LogP contribution < -0.4 is 26.6 Å². The molecule has 0 saturated heterocycles. The van der Waals surface area contributed by atoms with Crippen LogP contribution in [0.2, 0.25) is 0 Å². The third-order valence-electron chi connectivity index (χ3n) is 11.4. The number of carbonyl (C=O) groups is 2. The lowest BCUT2D eigenvalue weighted by Gasteiger charge is -2.14. The lowest BCUT2D eigenvalue weighted by molar-refractivity contribution is 0.0951. The van der Waals surface area contributed by atoms with E-state index in [1.807, 2.05) is 72.1 Å². The Morgan fingerprint density at radius 1 is 0.766 bits per heavy atom. The van der Waals surface area contributed by atoms with Gasteiger partial charge in [0.1, 0.15) is 0 Å². The van der Waals surface area contributed by atoms with E-state index >= 15 is 0 Å². The van der Waals surface area contributed by atoms with Crippen LogP contribution in [0.1, 0.15) is 45.5 Å². The number of urea groups is 1. The number of anilines is 3. The number of hydrogen-bond donors (Lipinski definition) is 7. The number of aliphatic hydroxyl groups excluding tert-OH is 2. The number of imidazole rings is 2. The molecule has 1 atom stereocenters. The minimum absolute atomic E-state index is 0.0446. The normalized spacial score (nSPS) is 12.9. The molecule has 330 valence electrons. The van der Waals surface area contributed by atoms with Crippen LogP contribution >= 0.6 is 0 Å². The first-order valence-corrected chi connectivity index (χ1v) is 21.3. The van der Waals surface area contributed by atoms with Crippen molar-refractivity contribution in [1.29, 1.82) is 0 Å². The minimum Gasteiger partial charge on any atom is -0.394 e. The van der Waals surface area contributed by atoms with Crippen molar-refractivity contribution in [1.82, 2.24) is 39.4 Å². The summed E-state index contributed by atoms with van der Waals surface area (Å²) in [5, 5.41) is 33.8.